The lowest BCUT2D eigenvalue weighted by atomic mass is 10.0. The van der Waals surface area contributed by atoms with Gasteiger partial charge in [0.15, 0.2) is 0 Å². The van der Waals surface area contributed by atoms with Crippen LogP contribution in [0.2, 0.25) is 0 Å². The van der Waals surface area contributed by atoms with Gasteiger partial charge in [-0.3, -0.25) is 13.8 Å². The molecule has 0 radical (unpaired) electrons. The molecule has 1 saturated heterocycles. The lowest BCUT2D eigenvalue weighted by Crippen LogP contribution is -2.39. The Morgan fingerprint density at radius 2 is 1.08 bits per heavy atom. The number of nitrogens with one attached hydrogen (secondary N) is 1. The van der Waals surface area contributed by atoms with Crippen LogP contribution < -0.4 is 5.32 Å². The first kappa shape index (κ1) is 50.5. The Balaban J connectivity index is 2.08. The molecule has 1 aliphatic heterocycles. The maximum absolute atomic E-state index is 12.8. The van der Waals surface area contributed by atoms with Crippen molar-refractivity contribution in [3.8, 4) is 0 Å². The summed E-state index contributed by atoms with van der Waals surface area (Å²) >= 11 is 0. The average molecular weight is 776 g/mol. The van der Waals surface area contributed by atoms with Crippen LogP contribution in [0.25, 0.3) is 0 Å². The van der Waals surface area contributed by atoms with Crippen molar-refractivity contribution >= 4 is 13.7 Å². The van der Waals surface area contributed by atoms with E-state index in [-0.39, 0.29) is 18.6 Å². The van der Waals surface area contributed by atoms with Crippen molar-refractivity contribution < 1.29 is 37.5 Å². The molecule has 0 bridgehead atoms. The van der Waals surface area contributed by atoms with Gasteiger partial charge in [-0.15, -0.1) is 0 Å². The van der Waals surface area contributed by atoms with E-state index < -0.39 is 37.3 Å². The molecule has 0 spiro atoms. The number of carbonyl (C=O) groups excluding carboxylic acids is 1. The van der Waals surface area contributed by atoms with Gasteiger partial charge in [0, 0.05) is 20.1 Å². The summed E-state index contributed by atoms with van der Waals surface area (Å²) in [4.78, 5) is 22.9. The third-order valence-corrected chi connectivity index (χ3v) is 11.3. The van der Waals surface area contributed by atoms with Gasteiger partial charge in [-0.2, -0.15) is 0 Å². The number of amides is 1. The van der Waals surface area contributed by atoms with Crippen LogP contribution >= 0.6 is 7.82 Å². The lowest BCUT2D eigenvalue weighted by Gasteiger charge is -2.29. The molecule has 5 atom stereocenters. The number of unbranched alkanes of at least 4 members (excludes halogenated alkanes) is 22. The molecule has 1 rings (SSSR count). The van der Waals surface area contributed by atoms with E-state index in [0.717, 1.165) is 12.8 Å². The Labute approximate surface area is 327 Å². The fraction of sp³-hybridized carbons (Fsp3) is 0.977. The quantitative estimate of drug-likeness (QED) is 0.0491. The van der Waals surface area contributed by atoms with Gasteiger partial charge >= 0.3 is 7.82 Å². The van der Waals surface area contributed by atoms with Crippen molar-refractivity contribution in [1.82, 2.24) is 5.32 Å². The van der Waals surface area contributed by atoms with E-state index in [9.17, 15) is 14.3 Å². The molecule has 1 amide bonds. The standard InChI is InChI=1S/C43H86NO8P/c1-9-10-11-12-13-14-15-16-17-18-19-20-21-22-23-24-25-26-27-28-29-30-31-34-39(45)44-35-32-33-37-40(48-8)41(38(50-37)36-49-42(2,3)4)51-53(46,47)52-43(5,6)7/h37-38,40-41H,9-36H2,1-8H3,(H,44,45)(H,46,47)/t37-,38+,40-,41+/m0/s1. The first-order chi connectivity index (χ1) is 25.2. The summed E-state index contributed by atoms with van der Waals surface area (Å²) in [5, 5.41) is 3.04. The van der Waals surface area contributed by atoms with Crippen LogP contribution in [0.5, 0.6) is 0 Å². The van der Waals surface area contributed by atoms with Gasteiger partial charge in [0.25, 0.3) is 0 Å². The van der Waals surface area contributed by atoms with Gasteiger partial charge < -0.3 is 24.4 Å². The van der Waals surface area contributed by atoms with Crippen LogP contribution in [0, 0.1) is 0 Å². The highest BCUT2D eigenvalue weighted by Crippen LogP contribution is 2.51. The van der Waals surface area contributed by atoms with E-state index in [2.05, 4.69) is 12.2 Å². The molecular formula is C43H86NO8P. The van der Waals surface area contributed by atoms with Gasteiger partial charge in [0.2, 0.25) is 5.91 Å². The van der Waals surface area contributed by atoms with E-state index >= 15 is 0 Å². The normalized spacial score (nSPS) is 20.5. The predicted molar refractivity (Wildman–Crippen MR) is 219 cm³/mol. The second-order valence-corrected chi connectivity index (χ2v) is 18.9. The largest absolute Gasteiger partial charge is 0.473 e. The van der Waals surface area contributed by atoms with Gasteiger partial charge in [-0.05, 0) is 60.8 Å². The number of phosphoric acid groups is 1. The van der Waals surface area contributed by atoms with Crippen molar-refractivity contribution in [2.75, 3.05) is 20.3 Å². The summed E-state index contributed by atoms with van der Waals surface area (Å²) in [6, 6.07) is 0. The summed E-state index contributed by atoms with van der Waals surface area (Å²) < 4.78 is 41.8. The number of hydrogen-bond acceptors (Lipinski definition) is 7. The van der Waals surface area contributed by atoms with Gasteiger partial charge in [-0.1, -0.05) is 148 Å². The van der Waals surface area contributed by atoms with E-state index in [1.165, 1.54) is 135 Å². The van der Waals surface area contributed by atoms with Gasteiger partial charge in [-0.25, -0.2) is 4.57 Å². The Kier molecular flexibility index (Phi) is 28.3. The zero-order chi connectivity index (χ0) is 39.4. The SMILES string of the molecule is CCCCCCCCCCCCCCCCCCCCCCCCCC(=O)NCCC[C@@H]1O[C@H](COC(C)(C)C)[C@@H](OP(=O)(O)OC(C)(C)C)[C@H]1OC. The van der Waals surface area contributed by atoms with Crippen LogP contribution in [0.4, 0.5) is 0 Å². The van der Waals surface area contributed by atoms with Crippen LogP contribution in [-0.4, -0.2) is 66.7 Å². The Bertz CT molecular complexity index is 936. The highest BCUT2D eigenvalue weighted by Gasteiger charge is 2.49. The molecule has 316 valence electrons. The minimum Gasteiger partial charge on any atom is -0.376 e. The van der Waals surface area contributed by atoms with Crippen LogP contribution in [-0.2, 0) is 32.6 Å². The number of hydrogen-bond donors (Lipinski definition) is 2. The Morgan fingerprint density at radius 1 is 0.642 bits per heavy atom. The highest BCUT2D eigenvalue weighted by molar-refractivity contribution is 7.47. The molecule has 0 saturated carbocycles. The smallest absolute Gasteiger partial charge is 0.376 e. The molecule has 0 aliphatic carbocycles. The number of carbonyl (C=O) groups is 1. The fourth-order valence-corrected chi connectivity index (χ4v) is 8.43. The first-order valence-electron chi connectivity index (χ1n) is 22.0. The van der Waals surface area contributed by atoms with Crippen LogP contribution in [0.15, 0.2) is 0 Å². The second kappa shape index (κ2) is 29.7. The fourth-order valence-electron chi connectivity index (χ4n) is 7.13. The lowest BCUT2D eigenvalue weighted by molar-refractivity contribution is -0.121. The zero-order valence-corrected chi connectivity index (χ0v) is 36.8. The molecule has 0 aromatic heterocycles. The molecule has 53 heavy (non-hydrogen) atoms. The number of phosphoric ester groups is 1. The number of rotatable bonds is 34. The molecular weight excluding hydrogens is 689 g/mol. The summed E-state index contributed by atoms with van der Waals surface area (Å²) in [5.74, 6) is 0.0855. The second-order valence-electron chi connectivity index (χ2n) is 17.6. The minimum absolute atomic E-state index is 0.0855. The van der Waals surface area contributed by atoms with E-state index in [0.29, 0.717) is 25.8 Å². The number of methoxy groups -OCH3 is 1. The van der Waals surface area contributed by atoms with E-state index in [4.69, 9.17) is 23.3 Å². The maximum Gasteiger partial charge on any atom is 0.473 e. The minimum atomic E-state index is -4.40. The third-order valence-electron chi connectivity index (χ3n) is 10.00. The molecule has 0 aromatic rings. The van der Waals surface area contributed by atoms with E-state index in [1.807, 2.05) is 20.8 Å². The highest BCUT2D eigenvalue weighted by atomic mass is 31.2. The zero-order valence-electron chi connectivity index (χ0n) is 35.9. The molecule has 10 heteroatoms. The monoisotopic (exact) mass is 776 g/mol. The summed E-state index contributed by atoms with van der Waals surface area (Å²) in [7, 11) is -2.85. The number of ether oxygens (including phenoxy) is 3. The molecule has 2 N–H and O–H groups in total. The average Bonchev–Trinajstić information content (AvgIpc) is 3.39. The molecule has 9 nitrogen and oxygen atoms in total. The van der Waals surface area contributed by atoms with Gasteiger partial charge in [0.1, 0.15) is 18.3 Å². The predicted octanol–water partition coefficient (Wildman–Crippen LogP) is 12.2. The van der Waals surface area contributed by atoms with Crippen molar-refractivity contribution in [1.29, 1.82) is 0 Å². The van der Waals surface area contributed by atoms with Crippen LogP contribution in [0.3, 0.4) is 0 Å². The third kappa shape index (κ3) is 28.5. The molecule has 1 aliphatic rings. The van der Waals surface area contributed by atoms with Crippen molar-refractivity contribution in [3.63, 3.8) is 0 Å². The Hall–Kier alpha value is -0.540. The summed E-state index contributed by atoms with van der Waals surface area (Å²) in [5.41, 5.74) is -1.29. The summed E-state index contributed by atoms with van der Waals surface area (Å²) in [6.07, 6.45) is 30.7. The summed E-state index contributed by atoms with van der Waals surface area (Å²) in [6.45, 7) is 13.9. The Morgan fingerprint density at radius 3 is 1.47 bits per heavy atom. The topological polar surface area (TPSA) is 113 Å². The van der Waals surface area contributed by atoms with Crippen molar-refractivity contribution in [3.05, 3.63) is 0 Å². The molecule has 1 unspecified atom stereocenters. The van der Waals surface area contributed by atoms with E-state index in [1.54, 1.807) is 27.9 Å². The molecule has 0 aromatic carbocycles. The van der Waals surface area contributed by atoms with Gasteiger partial charge in [0.05, 0.1) is 23.9 Å². The van der Waals surface area contributed by atoms with Crippen molar-refractivity contribution in [2.45, 2.75) is 251 Å². The van der Waals surface area contributed by atoms with Crippen molar-refractivity contribution in [2.24, 2.45) is 0 Å². The first-order valence-corrected chi connectivity index (χ1v) is 23.5. The molecule has 1 heterocycles. The van der Waals surface area contributed by atoms with Crippen LogP contribution in [0.1, 0.15) is 215 Å². The maximum atomic E-state index is 12.8. The molecule has 1 fully saturated rings.